The number of imidazole rings is 2. The number of halogens is 3. The molecule has 0 aliphatic carbocycles. The van der Waals surface area contributed by atoms with Crippen molar-refractivity contribution in [3.63, 3.8) is 0 Å². The van der Waals surface area contributed by atoms with Crippen molar-refractivity contribution in [2.75, 3.05) is 0 Å². The van der Waals surface area contributed by atoms with Gasteiger partial charge >= 0.3 is 6.18 Å². The molecule has 0 unspecified atom stereocenters. The Morgan fingerprint density at radius 2 is 2.00 bits per heavy atom. The summed E-state index contributed by atoms with van der Waals surface area (Å²) in [5, 5.41) is 0.787. The van der Waals surface area contributed by atoms with Crippen LogP contribution in [-0.4, -0.2) is 25.3 Å². The highest BCUT2D eigenvalue weighted by Gasteiger charge is 2.28. The van der Waals surface area contributed by atoms with Crippen LogP contribution in [-0.2, 0) is 18.8 Å². The molecular weight excluding hydrogens is 325 g/mol. The molecular formula is C15H15F3N4S. The minimum Gasteiger partial charge on any atom is -0.325 e. The summed E-state index contributed by atoms with van der Waals surface area (Å²) >= 11 is 1.40. The average Bonchev–Trinajstić information content (AvgIpc) is 3.06. The second-order valence-corrected chi connectivity index (χ2v) is 5.95. The fraction of sp³-hybridized carbons (Fsp3) is 0.333. The molecule has 4 nitrogen and oxygen atoms in total. The molecule has 3 aromatic rings. The zero-order chi connectivity index (χ0) is 16.4. The molecule has 2 aromatic heterocycles. The van der Waals surface area contributed by atoms with Gasteiger partial charge in [-0.25, -0.2) is 9.97 Å². The molecule has 0 atom stereocenters. The predicted octanol–water partition coefficient (Wildman–Crippen LogP) is 4.11. The lowest BCUT2D eigenvalue weighted by Gasteiger charge is -2.10. The van der Waals surface area contributed by atoms with E-state index in [-0.39, 0.29) is 0 Å². The van der Waals surface area contributed by atoms with Crippen molar-refractivity contribution < 1.29 is 13.2 Å². The molecule has 0 fully saturated rings. The van der Waals surface area contributed by atoms with Gasteiger partial charge in [0.2, 0.25) is 0 Å². The largest absolute Gasteiger partial charge is 0.406 e. The Morgan fingerprint density at radius 1 is 1.22 bits per heavy atom. The van der Waals surface area contributed by atoms with Gasteiger partial charge in [0.05, 0.1) is 16.8 Å². The third-order valence-electron chi connectivity index (χ3n) is 3.42. The van der Waals surface area contributed by atoms with E-state index >= 15 is 0 Å². The lowest BCUT2D eigenvalue weighted by Crippen LogP contribution is -2.18. The summed E-state index contributed by atoms with van der Waals surface area (Å²) in [5.41, 5.74) is 1.91. The maximum Gasteiger partial charge on any atom is 0.406 e. The molecule has 1 aromatic carbocycles. The highest BCUT2D eigenvalue weighted by Crippen LogP contribution is 2.27. The van der Waals surface area contributed by atoms with E-state index < -0.39 is 12.7 Å². The van der Waals surface area contributed by atoms with E-state index in [0.29, 0.717) is 11.6 Å². The monoisotopic (exact) mass is 340 g/mol. The van der Waals surface area contributed by atoms with Crippen molar-refractivity contribution in [1.29, 1.82) is 0 Å². The first-order valence-corrected chi connectivity index (χ1v) is 8.11. The molecule has 0 aliphatic rings. The van der Waals surface area contributed by atoms with Crippen LogP contribution >= 0.6 is 11.8 Å². The second kappa shape index (κ2) is 6.27. The van der Waals surface area contributed by atoms with Crippen LogP contribution in [0.15, 0.2) is 41.8 Å². The number of alkyl halides is 3. The third-order valence-corrected chi connectivity index (χ3v) is 4.39. The predicted molar refractivity (Wildman–Crippen MR) is 83.3 cm³/mol. The lowest BCUT2D eigenvalue weighted by molar-refractivity contribution is -0.140. The van der Waals surface area contributed by atoms with Crippen molar-refractivity contribution >= 4 is 22.8 Å². The normalized spacial score (nSPS) is 12.2. The third kappa shape index (κ3) is 3.52. The number of hydrogen-bond acceptors (Lipinski definition) is 3. The molecule has 122 valence electrons. The highest BCUT2D eigenvalue weighted by molar-refractivity contribution is 7.98. The molecule has 0 saturated carbocycles. The number of aryl methyl sites for hydroxylation is 1. The first kappa shape index (κ1) is 15.9. The number of rotatable bonds is 5. The SMILES string of the molecule is CCn1c(SCc2nccn2CC(F)(F)F)nc2ccccc21. The maximum atomic E-state index is 12.5. The van der Waals surface area contributed by atoms with Crippen LogP contribution in [0.25, 0.3) is 11.0 Å². The van der Waals surface area contributed by atoms with Gasteiger partial charge in [-0.05, 0) is 19.1 Å². The summed E-state index contributed by atoms with van der Waals surface area (Å²) in [6.45, 7) is 1.75. The molecule has 0 N–H and O–H groups in total. The molecule has 2 heterocycles. The quantitative estimate of drug-likeness (QED) is 0.656. The summed E-state index contributed by atoms with van der Waals surface area (Å²) in [7, 11) is 0. The van der Waals surface area contributed by atoms with Crippen molar-refractivity contribution in [3.05, 3.63) is 42.5 Å². The zero-order valence-corrected chi connectivity index (χ0v) is 13.2. The van der Waals surface area contributed by atoms with Gasteiger partial charge in [0, 0.05) is 18.9 Å². The van der Waals surface area contributed by atoms with Crippen LogP contribution in [0.1, 0.15) is 12.7 Å². The summed E-state index contributed by atoms with van der Waals surface area (Å²) in [6, 6.07) is 7.77. The number of hydrogen-bond donors (Lipinski definition) is 0. The van der Waals surface area contributed by atoms with Crippen molar-refractivity contribution in [2.24, 2.45) is 0 Å². The smallest absolute Gasteiger partial charge is 0.325 e. The minimum absolute atomic E-state index is 0.340. The van der Waals surface area contributed by atoms with E-state index in [2.05, 4.69) is 14.5 Å². The Bertz CT molecular complexity index is 807. The molecule has 0 saturated heterocycles. The summed E-state index contributed by atoms with van der Waals surface area (Å²) in [4.78, 5) is 8.58. The van der Waals surface area contributed by atoms with Gasteiger partial charge in [-0.2, -0.15) is 13.2 Å². The number of para-hydroxylation sites is 2. The molecule has 0 radical (unpaired) electrons. The molecule has 23 heavy (non-hydrogen) atoms. The van der Waals surface area contributed by atoms with Gasteiger partial charge in [-0.1, -0.05) is 23.9 Å². The van der Waals surface area contributed by atoms with Crippen LogP contribution in [0.3, 0.4) is 0 Å². The fourth-order valence-electron chi connectivity index (χ4n) is 2.42. The second-order valence-electron chi connectivity index (χ2n) is 5.00. The van der Waals surface area contributed by atoms with Crippen LogP contribution in [0.5, 0.6) is 0 Å². The minimum atomic E-state index is -4.25. The molecule has 0 bridgehead atoms. The van der Waals surface area contributed by atoms with Crippen LogP contribution in [0, 0.1) is 0 Å². The molecule has 0 amide bonds. The Hall–Kier alpha value is -1.96. The van der Waals surface area contributed by atoms with Gasteiger partial charge in [0.1, 0.15) is 12.4 Å². The lowest BCUT2D eigenvalue weighted by atomic mass is 10.3. The summed E-state index contributed by atoms with van der Waals surface area (Å²) < 4.78 is 40.8. The van der Waals surface area contributed by atoms with E-state index in [9.17, 15) is 13.2 Å². The Labute approximate surface area is 135 Å². The number of benzene rings is 1. The van der Waals surface area contributed by atoms with E-state index in [4.69, 9.17) is 0 Å². The van der Waals surface area contributed by atoms with Gasteiger partial charge in [0.15, 0.2) is 5.16 Å². The summed E-state index contributed by atoms with van der Waals surface area (Å²) in [5.74, 6) is 0.730. The molecule has 8 heteroatoms. The first-order chi connectivity index (χ1) is 11.0. The van der Waals surface area contributed by atoms with E-state index in [1.54, 1.807) is 0 Å². The van der Waals surface area contributed by atoms with E-state index in [1.807, 2.05) is 31.2 Å². The van der Waals surface area contributed by atoms with Crippen molar-refractivity contribution in [1.82, 2.24) is 19.1 Å². The Morgan fingerprint density at radius 3 is 2.74 bits per heavy atom. The van der Waals surface area contributed by atoms with Gasteiger partial charge in [-0.15, -0.1) is 0 Å². The maximum absolute atomic E-state index is 12.5. The number of nitrogens with zero attached hydrogens (tertiary/aromatic N) is 4. The van der Waals surface area contributed by atoms with Crippen LogP contribution in [0.4, 0.5) is 13.2 Å². The molecule has 0 spiro atoms. The van der Waals surface area contributed by atoms with Crippen molar-refractivity contribution in [2.45, 2.75) is 37.1 Å². The van der Waals surface area contributed by atoms with E-state index in [0.717, 1.165) is 27.3 Å². The number of thioether (sulfide) groups is 1. The fourth-order valence-corrected chi connectivity index (χ4v) is 3.46. The number of aromatic nitrogens is 4. The van der Waals surface area contributed by atoms with Gasteiger partial charge < -0.3 is 9.13 Å². The van der Waals surface area contributed by atoms with Crippen LogP contribution in [0.2, 0.25) is 0 Å². The highest BCUT2D eigenvalue weighted by atomic mass is 32.2. The Kier molecular flexibility index (Phi) is 4.34. The number of fused-ring (bicyclic) bond motifs is 1. The summed E-state index contributed by atoms with van der Waals surface area (Å²) in [6.07, 6.45) is -1.51. The van der Waals surface area contributed by atoms with Crippen molar-refractivity contribution in [3.8, 4) is 0 Å². The van der Waals surface area contributed by atoms with Gasteiger partial charge in [0.25, 0.3) is 0 Å². The van der Waals surface area contributed by atoms with E-state index in [1.165, 1.54) is 24.2 Å². The Balaban J connectivity index is 1.80. The first-order valence-electron chi connectivity index (χ1n) is 7.13. The zero-order valence-electron chi connectivity index (χ0n) is 12.4. The van der Waals surface area contributed by atoms with Crippen LogP contribution < -0.4 is 0 Å². The average molecular weight is 340 g/mol. The molecule has 3 rings (SSSR count). The topological polar surface area (TPSA) is 35.6 Å². The standard InChI is InChI=1S/C15H15F3N4S/c1-2-22-12-6-4-3-5-11(12)20-14(22)23-9-13-19-7-8-21(13)10-15(16,17)18/h3-8H,2,9-10H2,1H3. The molecule has 0 aliphatic heterocycles. The van der Waals surface area contributed by atoms with Gasteiger partial charge in [-0.3, -0.25) is 0 Å².